The minimum Gasteiger partial charge on any atom is -0.390 e. The van der Waals surface area contributed by atoms with Crippen molar-refractivity contribution in [3.8, 4) is 0 Å². The van der Waals surface area contributed by atoms with Gasteiger partial charge in [-0.25, -0.2) is 4.98 Å². The summed E-state index contributed by atoms with van der Waals surface area (Å²) in [5.41, 5.74) is 0.792. The van der Waals surface area contributed by atoms with Crippen LogP contribution in [0.4, 0.5) is 4.39 Å². The van der Waals surface area contributed by atoms with E-state index in [0.29, 0.717) is 22.9 Å². The lowest BCUT2D eigenvalue weighted by Crippen LogP contribution is -2.19. The average molecular weight is 278 g/mol. The highest BCUT2D eigenvalue weighted by atomic mass is 79.9. The van der Waals surface area contributed by atoms with Crippen LogP contribution in [-0.4, -0.2) is 26.6 Å². The second-order valence-electron chi connectivity index (χ2n) is 3.37. The van der Waals surface area contributed by atoms with Crippen LogP contribution in [-0.2, 0) is 0 Å². The minimum absolute atomic E-state index is 0.359. The third-order valence-corrected chi connectivity index (χ3v) is 2.60. The van der Waals surface area contributed by atoms with Crippen LogP contribution in [0.5, 0.6) is 0 Å². The largest absolute Gasteiger partial charge is 0.390 e. The summed E-state index contributed by atoms with van der Waals surface area (Å²) in [4.78, 5) is 3.49. The first-order chi connectivity index (χ1) is 7.06. The Morgan fingerprint density at radius 3 is 2.73 bits per heavy atom. The number of pyridine rings is 1. The lowest BCUT2D eigenvalue weighted by Gasteiger charge is -2.17. The molecule has 0 bridgehead atoms. The Balaban J connectivity index is 2.81. The number of aromatic nitrogens is 1. The smallest absolute Gasteiger partial charge is 0.215 e. The SMILES string of the molecule is Cc1cc(C(O)C(O)CCBr)cnc1F. The molecule has 2 unspecified atom stereocenters. The van der Waals surface area contributed by atoms with Gasteiger partial charge in [-0.2, -0.15) is 4.39 Å². The quantitative estimate of drug-likeness (QED) is 0.651. The lowest BCUT2D eigenvalue weighted by atomic mass is 10.0. The summed E-state index contributed by atoms with van der Waals surface area (Å²) in [7, 11) is 0. The molecule has 0 radical (unpaired) electrons. The highest BCUT2D eigenvalue weighted by Gasteiger charge is 2.18. The maximum atomic E-state index is 12.8. The molecule has 15 heavy (non-hydrogen) atoms. The van der Waals surface area contributed by atoms with Gasteiger partial charge in [-0.05, 0) is 19.4 Å². The molecule has 0 saturated heterocycles. The maximum absolute atomic E-state index is 12.8. The predicted molar refractivity (Wildman–Crippen MR) is 58.3 cm³/mol. The molecule has 0 fully saturated rings. The van der Waals surface area contributed by atoms with Gasteiger partial charge in [0.15, 0.2) is 0 Å². The van der Waals surface area contributed by atoms with Gasteiger partial charge in [-0.1, -0.05) is 15.9 Å². The summed E-state index contributed by atoms with van der Waals surface area (Å²) in [5, 5.41) is 19.8. The molecule has 5 heteroatoms. The number of rotatable bonds is 4. The fraction of sp³-hybridized carbons (Fsp3) is 0.500. The Kier molecular flexibility index (Phi) is 4.63. The average Bonchev–Trinajstić information content (AvgIpc) is 2.21. The van der Waals surface area contributed by atoms with Crippen LogP contribution < -0.4 is 0 Å². The molecule has 0 aliphatic heterocycles. The maximum Gasteiger partial charge on any atom is 0.215 e. The van der Waals surface area contributed by atoms with Crippen molar-refractivity contribution in [1.82, 2.24) is 4.98 Å². The second kappa shape index (κ2) is 5.53. The molecule has 1 heterocycles. The van der Waals surface area contributed by atoms with E-state index in [-0.39, 0.29) is 0 Å². The number of aliphatic hydroxyl groups excluding tert-OH is 2. The van der Waals surface area contributed by atoms with Crippen molar-refractivity contribution in [1.29, 1.82) is 0 Å². The summed E-state index contributed by atoms with van der Waals surface area (Å²) >= 11 is 3.17. The first-order valence-electron chi connectivity index (χ1n) is 4.60. The Labute approximate surface area is 96.1 Å². The zero-order chi connectivity index (χ0) is 11.4. The van der Waals surface area contributed by atoms with Crippen molar-refractivity contribution in [3.05, 3.63) is 29.3 Å². The normalized spacial score (nSPS) is 15.0. The molecule has 2 N–H and O–H groups in total. The fourth-order valence-electron chi connectivity index (χ4n) is 1.23. The van der Waals surface area contributed by atoms with Gasteiger partial charge in [-0.15, -0.1) is 0 Å². The third kappa shape index (κ3) is 3.22. The molecule has 1 aromatic rings. The lowest BCUT2D eigenvalue weighted by molar-refractivity contribution is 0.0170. The zero-order valence-corrected chi connectivity index (χ0v) is 9.91. The van der Waals surface area contributed by atoms with Gasteiger partial charge < -0.3 is 10.2 Å². The molecule has 1 rings (SSSR count). The topological polar surface area (TPSA) is 53.4 Å². The van der Waals surface area contributed by atoms with E-state index < -0.39 is 18.2 Å². The summed E-state index contributed by atoms with van der Waals surface area (Å²) < 4.78 is 12.8. The highest BCUT2D eigenvalue weighted by molar-refractivity contribution is 9.09. The van der Waals surface area contributed by atoms with E-state index in [0.717, 1.165) is 0 Å². The molecule has 84 valence electrons. The molecule has 1 aromatic heterocycles. The van der Waals surface area contributed by atoms with E-state index in [1.54, 1.807) is 6.92 Å². The van der Waals surface area contributed by atoms with Crippen LogP contribution in [0.2, 0.25) is 0 Å². The highest BCUT2D eigenvalue weighted by Crippen LogP contribution is 2.20. The van der Waals surface area contributed by atoms with Crippen LogP contribution >= 0.6 is 15.9 Å². The van der Waals surface area contributed by atoms with E-state index in [1.165, 1.54) is 12.3 Å². The van der Waals surface area contributed by atoms with Crippen molar-refractivity contribution in [2.75, 3.05) is 5.33 Å². The van der Waals surface area contributed by atoms with E-state index in [4.69, 9.17) is 0 Å². The number of nitrogens with zero attached hydrogens (tertiary/aromatic N) is 1. The van der Waals surface area contributed by atoms with Gasteiger partial charge in [0.1, 0.15) is 6.10 Å². The summed E-state index contributed by atoms with van der Waals surface area (Å²) in [6, 6.07) is 1.49. The van der Waals surface area contributed by atoms with Crippen LogP contribution in [0.25, 0.3) is 0 Å². The van der Waals surface area contributed by atoms with E-state index in [1.807, 2.05) is 0 Å². The van der Waals surface area contributed by atoms with Gasteiger partial charge in [0, 0.05) is 22.7 Å². The first kappa shape index (κ1) is 12.5. The molecular formula is C10H13BrFNO2. The molecule has 0 aliphatic rings. The van der Waals surface area contributed by atoms with Crippen molar-refractivity contribution in [2.45, 2.75) is 25.6 Å². The van der Waals surface area contributed by atoms with E-state index in [9.17, 15) is 14.6 Å². The van der Waals surface area contributed by atoms with E-state index in [2.05, 4.69) is 20.9 Å². The Morgan fingerprint density at radius 1 is 1.53 bits per heavy atom. The van der Waals surface area contributed by atoms with Crippen LogP contribution in [0, 0.1) is 12.9 Å². The molecule has 0 saturated carbocycles. The first-order valence-corrected chi connectivity index (χ1v) is 5.72. The predicted octanol–water partition coefficient (Wildman–Crippen LogP) is 1.71. The number of hydrogen-bond acceptors (Lipinski definition) is 3. The molecular weight excluding hydrogens is 265 g/mol. The molecule has 0 aromatic carbocycles. The number of hydrogen-bond donors (Lipinski definition) is 2. The van der Waals surface area contributed by atoms with Crippen LogP contribution in [0.15, 0.2) is 12.3 Å². The standard InChI is InChI=1S/C10H13BrFNO2/c1-6-4-7(5-13-10(6)12)9(15)8(14)2-3-11/h4-5,8-9,14-15H,2-3H2,1H3. The third-order valence-electron chi connectivity index (χ3n) is 2.15. The zero-order valence-electron chi connectivity index (χ0n) is 8.32. The Morgan fingerprint density at radius 2 is 2.20 bits per heavy atom. The van der Waals surface area contributed by atoms with Crippen molar-refractivity contribution in [2.24, 2.45) is 0 Å². The minimum atomic E-state index is -1.02. The monoisotopic (exact) mass is 277 g/mol. The summed E-state index contributed by atoms with van der Waals surface area (Å²) in [5.74, 6) is -0.555. The molecule has 0 aliphatic carbocycles. The second-order valence-corrected chi connectivity index (χ2v) is 4.16. The van der Waals surface area contributed by atoms with Crippen molar-refractivity contribution >= 4 is 15.9 Å². The number of halogens is 2. The Hall–Kier alpha value is -0.520. The van der Waals surface area contributed by atoms with E-state index >= 15 is 0 Å². The van der Waals surface area contributed by atoms with Crippen molar-refractivity contribution < 1.29 is 14.6 Å². The van der Waals surface area contributed by atoms with Gasteiger partial charge >= 0.3 is 0 Å². The van der Waals surface area contributed by atoms with Crippen molar-refractivity contribution in [3.63, 3.8) is 0 Å². The summed E-state index contributed by atoms with van der Waals surface area (Å²) in [6.07, 6.45) is -0.215. The van der Waals surface area contributed by atoms with Gasteiger partial charge in [-0.3, -0.25) is 0 Å². The number of alkyl halides is 1. The molecule has 3 nitrogen and oxygen atoms in total. The Bertz CT molecular complexity index is 335. The van der Waals surface area contributed by atoms with Gasteiger partial charge in [0.05, 0.1) is 6.10 Å². The fourth-order valence-corrected chi connectivity index (χ4v) is 1.70. The van der Waals surface area contributed by atoms with Gasteiger partial charge in [0.25, 0.3) is 0 Å². The van der Waals surface area contributed by atoms with Crippen LogP contribution in [0.1, 0.15) is 23.7 Å². The van der Waals surface area contributed by atoms with Gasteiger partial charge in [0.2, 0.25) is 5.95 Å². The molecule has 2 atom stereocenters. The number of aryl methyl sites for hydroxylation is 1. The molecule has 0 spiro atoms. The van der Waals surface area contributed by atoms with Crippen LogP contribution in [0.3, 0.4) is 0 Å². The number of aliphatic hydroxyl groups is 2. The summed E-state index contributed by atoms with van der Waals surface area (Å²) in [6.45, 7) is 1.56. The molecule has 0 amide bonds.